The Labute approximate surface area is 326 Å². The van der Waals surface area contributed by atoms with Crippen LogP contribution in [0.1, 0.15) is 44.5 Å². The number of benzene rings is 8. The SMILES string of the molecule is c1ccc(-c2nc(-c3ccccc3)nc(-c3ccccc3C3(c4ccccc4)c4ccccc4C4(c5ccccc5)c5ccccc5-c5cccc3c54)n2)cc1. The van der Waals surface area contributed by atoms with E-state index in [1.165, 1.54) is 50.1 Å². The Bertz CT molecular complexity index is 2850. The molecule has 11 rings (SSSR count). The molecule has 3 nitrogen and oxygen atoms in total. The highest BCUT2D eigenvalue weighted by Crippen LogP contribution is 2.66. The van der Waals surface area contributed by atoms with Gasteiger partial charge in [-0.2, -0.15) is 0 Å². The van der Waals surface area contributed by atoms with Crippen LogP contribution >= 0.6 is 0 Å². The Balaban J connectivity index is 1.29. The molecule has 2 aliphatic carbocycles. The van der Waals surface area contributed by atoms with Gasteiger partial charge in [0, 0.05) is 16.7 Å². The number of nitrogens with zero attached hydrogens (tertiary/aromatic N) is 3. The van der Waals surface area contributed by atoms with Gasteiger partial charge in [-0.3, -0.25) is 0 Å². The summed E-state index contributed by atoms with van der Waals surface area (Å²) in [5, 5.41) is 0. The van der Waals surface area contributed by atoms with Gasteiger partial charge < -0.3 is 0 Å². The zero-order valence-electron chi connectivity index (χ0n) is 30.5. The second-order valence-corrected chi connectivity index (χ2v) is 14.6. The average Bonchev–Trinajstić information content (AvgIpc) is 3.60. The molecule has 1 heterocycles. The van der Waals surface area contributed by atoms with Gasteiger partial charge in [0.1, 0.15) is 0 Å². The molecule has 262 valence electrons. The van der Waals surface area contributed by atoms with Crippen LogP contribution in [0.4, 0.5) is 0 Å². The summed E-state index contributed by atoms with van der Waals surface area (Å²) in [5.74, 6) is 1.92. The maximum absolute atomic E-state index is 5.31. The van der Waals surface area contributed by atoms with E-state index in [4.69, 9.17) is 15.0 Å². The molecule has 56 heavy (non-hydrogen) atoms. The van der Waals surface area contributed by atoms with Crippen molar-refractivity contribution in [2.45, 2.75) is 10.8 Å². The lowest BCUT2D eigenvalue weighted by atomic mass is 9.51. The summed E-state index contributed by atoms with van der Waals surface area (Å²) < 4.78 is 0. The molecule has 1 aromatic heterocycles. The van der Waals surface area contributed by atoms with Gasteiger partial charge in [-0.15, -0.1) is 0 Å². The molecular formula is C53H35N3. The van der Waals surface area contributed by atoms with Crippen molar-refractivity contribution in [1.29, 1.82) is 0 Å². The van der Waals surface area contributed by atoms with Crippen LogP contribution in [-0.2, 0) is 10.8 Å². The number of hydrogen-bond acceptors (Lipinski definition) is 3. The van der Waals surface area contributed by atoms with Crippen molar-refractivity contribution in [3.63, 3.8) is 0 Å². The fourth-order valence-electron chi connectivity index (χ4n) is 9.76. The average molecular weight is 714 g/mol. The maximum Gasteiger partial charge on any atom is 0.164 e. The molecule has 0 N–H and O–H groups in total. The second kappa shape index (κ2) is 12.7. The van der Waals surface area contributed by atoms with E-state index >= 15 is 0 Å². The fraction of sp³-hybridized carbons (Fsp3) is 0.0377. The molecule has 3 heteroatoms. The van der Waals surface area contributed by atoms with Crippen molar-refractivity contribution >= 4 is 0 Å². The van der Waals surface area contributed by atoms with Crippen LogP contribution in [0.2, 0.25) is 0 Å². The summed E-state index contributed by atoms with van der Waals surface area (Å²) in [6.07, 6.45) is 0. The first-order valence-electron chi connectivity index (χ1n) is 19.2. The van der Waals surface area contributed by atoms with Crippen LogP contribution in [0.25, 0.3) is 45.3 Å². The Morgan fingerprint density at radius 3 is 1.20 bits per heavy atom. The minimum atomic E-state index is -0.743. The van der Waals surface area contributed by atoms with Crippen molar-refractivity contribution in [3.05, 3.63) is 257 Å². The van der Waals surface area contributed by atoms with Crippen LogP contribution in [0.15, 0.2) is 212 Å². The smallest absolute Gasteiger partial charge is 0.164 e. The molecule has 0 bridgehead atoms. The highest BCUT2D eigenvalue weighted by molar-refractivity contribution is 5.92. The van der Waals surface area contributed by atoms with Crippen LogP contribution in [-0.4, -0.2) is 15.0 Å². The Morgan fingerprint density at radius 2 is 0.625 bits per heavy atom. The van der Waals surface area contributed by atoms with E-state index in [9.17, 15) is 0 Å². The molecule has 9 aromatic rings. The minimum absolute atomic E-state index is 0.526. The lowest BCUT2D eigenvalue weighted by molar-refractivity contribution is 0.627. The summed E-state index contributed by atoms with van der Waals surface area (Å²) in [4.78, 5) is 15.7. The number of aromatic nitrogens is 3. The third kappa shape index (κ3) is 4.49. The van der Waals surface area contributed by atoms with E-state index in [1.54, 1.807) is 0 Å². The first-order chi connectivity index (χ1) is 27.8. The van der Waals surface area contributed by atoms with E-state index < -0.39 is 10.8 Å². The monoisotopic (exact) mass is 713 g/mol. The zero-order valence-corrected chi connectivity index (χ0v) is 30.5. The van der Waals surface area contributed by atoms with Gasteiger partial charge in [0.15, 0.2) is 17.5 Å². The summed E-state index contributed by atoms with van der Waals surface area (Å²) >= 11 is 0. The summed E-state index contributed by atoms with van der Waals surface area (Å²) in [5.41, 5.74) is 14.1. The summed E-state index contributed by atoms with van der Waals surface area (Å²) in [6.45, 7) is 0. The number of hydrogen-bond donors (Lipinski definition) is 0. The van der Waals surface area contributed by atoms with Gasteiger partial charge in [-0.1, -0.05) is 212 Å². The summed E-state index contributed by atoms with van der Waals surface area (Å²) in [7, 11) is 0. The Hall–Kier alpha value is -7.23. The quantitative estimate of drug-likeness (QED) is 0.172. The maximum atomic E-state index is 5.31. The van der Waals surface area contributed by atoms with Gasteiger partial charge in [0.05, 0.1) is 10.8 Å². The number of fused-ring (bicyclic) bond motifs is 5. The van der Waals surface area contributed by atoms with Gasteiger partial charge in [0.25, 0.3) is 0 Å². The van der Waals surface area contributed by atoms with Crippen molar-refractivity contribution in [2.24, 2.45) is 0 Å². The normalized spacial score (nSPS) is 17.4. The molecule has 0 radical (unpaired) electrons. The largest absolute Gasteiger partial charge is 0.208 e. The van der Waals surface area contributed by atoms with E-state index in [-0.39, 0.29) is 0 Å². The van der Waals surface area contributed by atoms with Crippen molar-refractivity contribution in [3.8, 4) is 45.3 Å². The molecule has 2 aliphatic rings. The van der Waals surface area contributed by atoms with Crippen LogP contribution < -0.4 is 0 Å². The van der Waals surface area contributed by atoms with Gasteiger partial charge in [0.2, 0.25) is 0 Å². The third-order valence-electron chi connectivity index (χ3n) is 11.9. The first-order valence-corrected chi connectivity index (χ1v) is 19.2. The first kappa shape index (κ1) is 32.2. The van der Waals surface area contributed by atoms with E-state index in [1.807, 2.05) is 36.4 Å². The minimum Gasteiger partial charge on any atom is -0.208 e. The Kier molecular flexibility index (Phi) is 7.30. The van der Waals surface area contributed by atoms with Crippen molar-refractivity contribution < 1.29 is 0 Å². The molecule has 0 saturated heterocycles. The molecule has 0 aliphatic heterocycles. The summed E-state index contributed by atoms with van der Waals surface area (Å²) in [6, 6.07) is 76.5. The van der Waals surface area contributed by atoms with Crippen molar-refractivity contribution in [1.82, 2.24) is 15.0 Å². The highest BCUT2D eigenvalue weighted by Gasteiger charge is 2.58. The second-order valence-electron chi connectivity index (χ2n) is 14.6. The van der Waals surface area contributed by atoms with E-state index in [2.05, 4.69) is 176 Å². The molecule has 0 saturated carbocycles. The van der Waals surface area contributed by atoms with Crippen LogP contribution in [0.3, 0.4) is 0 Å². The third-order valence-corrected chi connectivity index (χ3v) is 11.9. The molecule has 0 fully saturated rings. The van der Waals surface area contributed by atoms with Gasteiger partial charge in [-0.05, 0) is 55.6 Å². The zero-order chi connectivity index (χ0) is 37.1. The predicted molar refractivity (Wildman–Crippen MR) is 225 cm³/mol. The van der Waals surface area contributed by atoms with Gasteiger partial charge in [-0.25, -0.2) is 15.0 Å². The van der Waals surface area contributed by atoms with Gasteiger partial charge >= 0.3 is 0 Å². The topological polar surface area (TPSA) is 38.7 Å². The molecule has 0 amide bonds. The van der Waals surface area contributed by atoms with E-state index in [0.29, 0.717) is 17.5 Å². The lowest BCUT2D eigenvalue weighted by Crippen LogP contribution is -2.44. The Morgan fingerprint density at radius 1 is 0.250 bits per heavy atom. The van der Waals surface area contributed by atoms with E-state index in [0.717, 1.165) is 22.3 Å². The molecule has 8 aromatic carbocycles. The molecule has 2 unspecified atom stereocenters. The molecular weight excluding hydrogens is 679 g/mol. The molecule has 0 spiro atoms. The predicted octanol–water partition coefficient (Wildman–Crippen LogP) is 11.9. The van der Waals surface area contributed by atoms with Crippen LogP contribution in [0.5, 0.6) is 0 Å². The lowest BCUT2D eigenvalue weighted by Gasteiger charge is -2.50. The van der Waals surface area contributed by atoms with Crippen LogP contribution in [0, 0.1) is 0 Å². The van der Waals surface area contributed by atoms with Crippen molar-refractivity contribution in [2.75, 3.05) is 0 Å². The fourth-order valence-corrected chi connectivity index (χ4v) is 9.76. The standard InChI is InChI=1S/C53H35N3/c1-5-20-36(21-6-1)49-54-50(37-22-7-2-8-23-37)56-51(55-49)42-29-14-16-32-44(42)52(38-24-9-3-10-25-38)45-33-17-18-34-46(45)53(39-26-11-4-12-27-39)43-31-15-13-28-40(43)41-30-19-35-47(52)48(41)53/h1-35H. The molecule has 2 atom stereocenters. The number of rotatable bonds is 6. The highest BCUT2D eigenvalue weighted by atomic mass is 15.0.